The van der Waals surface area contributed by atoms with E-state index >= 15 is 0 Å². The molecule has 1 aliphatic carbocycles. The van der Waals surface area contributed by atoms with Crippen LogP contribution in [0.1, 0.15) is 62.6 Å². The highest BCUT2D eigenvalue weighted by Crippen LogP contribution is 2.37. The Morgan fingerprint density at radius 1 is 1.22 bits per heavy atom. The summed E-state index contributed by atoms with van der Waals surface area (Å²) in [7, 11) is 0. The molecule has 0 spiro atoms. The van der Waals surface area contributed by atoms with E-state index < -0.39 is 0 Å². The molecule has 2 rings (SSSR count). The number of rotatable bonds is 4. The maximum absolute atomic E-state index is 6.46. The van der Waals surface area contributed by atoms with Crippen LogP contribution >= 0.6 is 0 Å². The maximum atomic E-state index is 6.46. The molecule has 1 atom stereocenters. The lowest BCUT2D eigenvalue weighted by molar-refractivity contribution is 0.234. The minimum Gasteiger partial charge on any atom is -0.324 e. The van der Waals surface area contributed by atoms with Gasteiger partial charge >= 0.3 is 0 Å². The Labute approximate surface area is 112 Å². The highest BCUT2D eigenvalue weighted by Gasteiger charge is 2.25. The van der Waals surface area contributed by atoms with Crippen LogP contribution in [-0.2, 0) is 0 Å². The van der Waals surface area contributed by atoms with Gasteiger partial charge in [0.15, 0.2) is 0 Å². The first kappa shape index (κ1) is 13.6. The standard InChI is InChI=1S/C17H27N/c1-3-5-14-8-10-15(11-9-14)17(18)16-7-4-6-13(2)12-16/h4,6-7,12,14-15,17H,3,5,8-11,18H2,1-2H3. The average molecular weight is 245 g/mol. The molecule has 0 bridgehead atoms. The fourth-order valence-corrected chi connectivity index (χ4v) is 3.39. The molecule has 0 amide bonds. The molecule has 1 aromatic rings. The van der Waals surface area contributed by atoms with Gasteiger partial charge in [-0.25, -0.2) is 0 Å². The second-order valence-electron chi connectivity index (χ2n) is 6.01. The quantitative estimate of drug-likeness (QED) is 0.824. The Balaban J connectivity index is 1.93. The SMILES string of the molecule is CCCC1CCC(C(N)c2cccc(C)c2)CC1. The summed E-state index contributed by atoms with van der Waals surface area (Å²) in [6.07, 6.45) is 8.15. The fourth-order valence-electron chi connectivity index (χ4n) is 3.39. The first-order valence-electron chi connectivity index (χ1n) is 7.53. The Bertz CT molecular complexity index is 364. The highest BCUT2D eigenvalue weighted by atomic mass is 14.7. The normalized spacial score (nSPS) is 25.9. The van der Waals surface area contributed by atoms with Gasteiger partial charge in [-0.2, -0.15) is 0 Å². The fraction of sp³-hybridized carbons (Fsp3) is 0.647. The van der Waals surface area contributed by atoms with Gasteiger partial charge in [0.1, 0.15) is 0 Å². The molecule has 1 unspecified atom stereocenters. The molecule has 1 aliphatic rings. The van der Waals surface area contributed by atoms with Gasteiger partial charge in [-0.3, -0.25) is 0 Å². The van der Waals surface area contributed by atoms with E-state index in [0.29, 0.717) is 5.92 Å². The lowest BCUT2D eigenvalue weighted by Gasteiger charge is -2.32. The molecule has 1 nitrogen and oxygen atoms in total. The molecule has 0 saturated heterocycles. The summed E-state index contributed by atoms with van der Waals surface area (Å²) < 4.78 is 0. The van der Waals surface area contributed by atoms with Crippen LogP contribution in [0.15, 0.2) is 24.3 Å². The van der Waals surface area contributed by atoms with E-state index in [1.54, 1.807) is 0 Å². The van der Waals surface area contributed by atoms with Crippen molar-refractivity contribution < 1.29 is 0 Å². The molecular weight excluding hydrogens is 218 g/mol. The van der Waals surface area contributed by atoms with E-state index in [2.05, 4.69) is 38.1 Å². The molecule has 100 valence electrons. The van der Waals surface area contributed by atoms with Gasteiger partial charge in [-0.05, 0) is 37.2 Å². The van der Waals surface area contributed by atoms with Crippen LogP contribution in [-0.4, -0.2) is 0 Å². The first-order valence-corrected chi connectivity index (χ1v) is 7.53. The van der Waals surface area contributed by atoms with Crippen molar-refractivity contribution in [2.24, 2.45) is 17.6 Å². The summed E-state index contributed by atoms with van der Waals surface area (Å²) in [5.74, 6) is 1.66. The zero-order valence-electron chi connectivity index (χ0n) is 11.9. The van der Waals surface area contributed by atoms with E-state index in [0.717, 1.165) is 5.92 Å². The molecule has 18 heavy (non-hydrogen) atoms. The van der Waals surface area contributed by atoms with Crippen molar-refractivity contribution >= 4 is 0 Å². The monoisotopic (exact) mass is 245 g/mol. The third-order valence-electron chi connectivity index (χ3n) is 4.52. The van der Waals surface area contributed by atoms with E-state index in [4.69, 9.17) is 5.73 Å². The van der Waals surface area contributed by atoms with E-state index in [1.165, 1.54) is 49.7 Å². The van der Waals surface area contributed by atoms with Crippen LogP contribution in [0.3, 0.4) is 0 Å². The van der Waals surface area contributed by atoms with Gasteiger partial charge < -0.3 is 5.73 Å². The van der Waals surface area contributed by atoms with Crippen molar-refractivity contribution in [2.75, 3.05) is 0 Å². The number of nitrogens with two attached hydrogens (primary N) is 1. The van der Waals surface area contributed by atoms with Crippen molar-refractivity contribution in [3.63, 3.8) is 0 Å². The number of hydrogen-bond acceptors (Lipinski definition) is 1. The summed E-state index contributed by atoms with van der Waals surface area (Å²) in [4.78, 5) is 0. The first-order chi connectivity index (χ1) is 8.70. The Hall–Kier alpha value is -0.820. The van der Waals surface area contributed by atoms with Crippen LogP contribution in [0.4, 0.5) is 0 Å². The number of aryl methyl sites for hydroxylation is 1. The largest absolute Gasteiger partial charge is 0.324 e. The molecule has 2 N–H and O–H groups in total. The Morgan fingerprint density at radius 3 is 2.56 bits per heavy atom. The van der Waals surface area contributed by atoms with E-state index in [1.807, 2.05) is 0 Å². The summed E-state index contributed by atoms with van der Waals surface area (Å²) in [5, 5.41) is 0. The van der Waals surface area contributed by atoms with Crippen molar-refractivity contribution in [2.45, 2.75) is 58.4 Å². The lowest BCUT2D eigenvalue weighted by Crippen LogP contribution is -2.26. The number of hydrogen-bond donors (Lipinski definition) is 1. The van der Waals surface area contributed by atoms with Gasteiger partial charge in [-0.1, -0.05) is 62.4 Å². The smallest absolute Gasteiger partial charge is 0.0323 e. The molecule has 0 heterocycles. The molecule has 1 heteroatoms. The average Bonchev–Trinajstić information content (AvgIpc) is 2.39. The van der Waals surface area contributed by atoms with Crippen LogP contribution in [0.5, 0.6) is 0 Å². The molecule has 0 aromatic heterocycles. The Kier molecular flexibility index (Phi) is 4.82. The minimum absolute atomic E-state index is 0.243. The third kappa shape index (κ3) is 3.35. The van der Waals surface area contributed by atoms with Gasteiger partial charge in [-0.15, -0.1) is 0 Å². The molecular formula is C17H27N. The molecule has 0 aliphatic heterocycles. The summed E-state index contributed by atoms with van der Waals surface area (Å²) in [6, 6.07) is 8.97. The maximum Gasteiger partial charge on any atom is 0.0323 e. The van der Waals surface area contributed by atoms with Crippen LogP contribution in [0.2, 0.25) is 0 Å². The van der Waals surface area contributed by atoms with Gasteiger partial charge in [0.25, 0.3) is 0 Å². The van der Waals surface area contributed by atoms with Gasteiger partial charge in [0, 0.05) is 6.04 Å². The van der Waals surface area contributed by atoms with Crippen molar-refractivity contribution in [3.05, 3.63) is 35.4 Å². The second kappa shape index (κ2) is 6.38. The van der Waals surface area contributed by atoms with Crippen molar-refractivity contribution in [3.8, 4) is 0 Å². The molecule has 1 aromatic carbocycles. The summed E-state index contributed by atoms with van der Waals surface area (Å²) in [5.41, 5.74) is 9.11. The highest BCUT2D eigenvalue weighted by molar-refractivity contribution is 5.25. The molecule has 0 radical (unpaired) electrons. The van der Waals surface area contributed by atoms with E-state index in [-0.39, 0.29) is 6.04 Å². The van der Waals surface area contributed by atoms with Crippen molar-refractivity contribution in [1.82, 2.24) is 0 Å². The minimum atomic E-state index is 0.243. The van der Waals surface area contributed by atoms with Gasteiger partial charge in [0.2, 0.25) is 0 Å². The summed E-state index contributed by atoms with van der Waals surface area (Å²) >= 11 is 0. The van der Waals surface area contributed by atoms with E-state index in [9.17, 15) is 0 Å². The van der Waals surface area contributed by atoms with Crippen LogP contribution in [0, 0.1) is 18.8 Å². The topological polar surface area (TPSA) is 26.0 Å². The predicted molar refractivity (Wildman–Crippen MR) is 78.5 cm³/mol. The summed E-state index contributed by atoms with van der Waals surface area (Å²) in [6.45, 7) is 4.44. The van der Waals surface area contributed by atoms with Crippen molar-refractivity contribution in [1.29, 1.82) is 0 Å². The van der Waals surface area contributed by atoms with Gasteiger partial charge in [0.05, 0.1) is 0 Å². The Morgan fingerprint density at radius 2 is 1.94 bits per heavy atom. The number of benzene rings is 1. The zero-order valence-corrected chi connectivity index (χ0v) is 11.9. The molecule has 1 fully saturated rings. The third-order valence-corrected chi connectivity index (χ3v) is 4.52. The van der Waals surface area contributed by atoms with Crippen LogP contribution < -0.4 is 5.73 Å². The molecule has 1 saturated carbocycles. The predicted octanol–water partition coefficient (Wildman–Crippen LogP) is 4.60. The zero-order chi connectivity index (χ0) is 13.0. The lowest BCUT2D eigenvalue weighted by atomic mass is 9.76. The van der Waals surface area contributed by atoms with Crippen LogP contribution in [0.25, 0.3) is 0 Å². The second-order valence-corrected chi connectivity index (χ2v) is 6.01.